The molecule has 0 N–H and O–H groups in total. The van der Waals surface area contributed by atoms with E-state index in [-0.39, 0.29) is 17.2 Å². The van der Waals surface area contributed by atoms with Gasteiger partial charge in [0.25, 0.3) is 5.91 Å². The molecule has 2 atom stereocenters. The molecule has 2 amide bonds. The molecule has 1 aliphatic heterocycles. The van der Waals surface area contributed by atoms with Crippen molar-refractivity contribution in [3.05, 3.63) is 35.9 Å². The second kappa shape index (κ2) is 5.41. The van der Waals surface area contributed by atoms with Crippen molar-refractivity contribution in [1.29, 1.82) is 0 Å². The first kappa shape index (κ1) is 16.5. The van der Waals surface area contributed by atoms with Gasteiger partial charge in [-0.05, 0) is 25.5 Å². The summed E-state index contributed by atoms with van der Waals surface area (Å²) >= 11 is 0. The summed E-state index contributed by atoms with van der Waals surface area (Å²) in [4.78, 5) is 29.3. The van der Waals surface area contributed by atoms with Crippen molar-refractivity contribution in [1.82, 2.24) is 9.80 Å². The summed E-state index contributed by atoms with van der Waals surface area (Å²) in [5.41, 5.74) is -0.239. The van der Waals surface area contributed by atoms with Gasteiger partial charge in [-0.25, -0.2) is 0 Å². The minimum atomic E-state index is -0.615. The average Bonchev–Trinajstić information content (AvgIpc) is 2.68. The van der Waals surface area contributed by atoms with Gasteiger partial charge >= 0.3 is 0 Å². The Labute approximate surface area is 133 Å². The number of carbonyl (C=O) groups excluding carboxylic acids is 2. The van der Waals surface area contributed by atoms with E-state index in [0.717, 1.165) is 0 Å². The van der Waals surface area contributed by atoms with Crippen molar-refractivity contribution >= 4 is 11.8 Å². The molecule has 0 aromatic heterocycles. The van der Waals surface area contributed by atoms with Gasteiger partial charge in [0, 0.05) is 18.0 Å². The van der Waals surface area contributed by atoms with E-state index < -0.39 is 11.7 Å². The van der Waals surface area contributed by atoms with Crippen molar-refractivity contribution in [2.45, 2.75) is 52.7 Å². The zero-order valence-electron chi connectivity index (χ0n) is 14.4. The third kappa shape index (κ3) is 2.13. The molecule has 1 aromatic carbocycles. The molecule has 1 aliphatic rings. The monoisotopic (exact) mass is 302 g/mol. The van der Waals surface area contributed by atoms with Crippen LogP contribution >= 0.6 is 0 Å². The van der Waals surface area contributed by atoms with E-state index in [0.29, 0.717) is 12.0 Å². The van der Waals surface area contributed by atoms with E-state index >= 15 is 0 Å². The first-order chi connectivity index (χ1) is 10.2. The summed E-state index contributed by atoms with van der Waals surface area (Å²) in [6.07, 6.45) is 0.696. The van der Waals surface area contributed by atoms with E-state index in [1.165, 1.54) is 0 Å². The van der Waals surface area contributed by atoms with Gasteiger partial charge < -0.3 is 9.80 Å². The molecular weight excluding hydrogens is 276 g/mol. The standard InChI is InChI=1S/C18H26N2O2/c1-7-18(17(3,4)5)19(6)15(21)13(2)20(18)16(22)14-11-9-8-10-12-14/h8-13H,7H2,1-6H3/t13-,18+/m0/s1. The van der Waals surface area contributed by atoms with Gasteiger partial charge in [-0.3, -0.25) is 9.59 Å². The molecule has 0 unspecified atom stereocenters. The van der Waals surface area contributed by atoms with E-state index in [2.05, 4.69) is 20.8 Å². The minimum Gasteiger partial charge on any atom is -0.320 e. The molecule has 4 nitrogen and oxygen atoms in total. The van der Waals surface area contributed by atoms with Crippen LogP contribution in [-0.4, -0.2) is 40.4 Å². The molecule has 2 rings (SSSR count). The van der Waals surface area contributed by atoms with Gasteiger partial charge in [-0.15, -0.1) is 0 Å². The number of nitrogens with zero attached hydrogens (tertiary/aromatic N) is 2. The van der Waals surface area contributed by atoms with E-state index in [9.17, 15) is 9.59 Å². The van der Waals surface area contributed by atoms with Gasteiger partial charge in [0.1, 0.15) is 11.7 Å². The second-order valence-corrected chi connectivity index (χ2v) is 7.03. The van der Waals surface area contributed by atoms with Gasteiger partial charge in [0.05, 0.1) is 0 Å². The summed E-state index contributed by atoms with van der Waals surface area (Å²) in [6, 6.07) is 8.76. The van der Waals surface area contributed by atoms with Crippen LogP contribution in [-0.2, 0) is 4.79 Å². The SMILES string of the molecule is CC[C@@]1(C(C)(C)C)N(C)C(=O)[C@H](C)N1C(=O)c1ccccc1. The van der Waals surface area contributed by atoms with Crippen molar-refractivity contribution in [3.63, 3.8) is 0 Å². The maximum absolute atomic E-state index is 13.1. The molecule has 1 heterocycles. The molecule has 1 aromatic rings. The molecule has 0 bridgehead atoms. The Morgan fingerprint density at radius 3 is 2.23 bits per heavy atom. The van der Waals surface area contributed by atoms with Gasteiger partial charge in [0.15, 0.2) is 0 Å². The van der Waals surface area contributed by atoms with Crippen molar-refractivity contribution in [2.24, 2.45) is 5.41 Å². The Hall–Kier alpha value is -1.84. The zero-order chi connectivity index (χ0) is 16.7. The fourth-order valence-corrected chi connectivity index (χ4v) is 3.92. The molecule has 120 valence electrons. The average molecular weight is 302 g/mol. The topological polar surface area (TPSA) is 40.6 Å². The van der Waals surface area contributed by atoms with Crippen LogP contribution in [0.15, 0.2) is 30.3 Å². The predicted octanol–water partition coefficient (Wildman–Crippen LogP) is 3.14. The number of benzene rings is 1. The summed E-state index contributed by atoms with van der Waals surface area (Å²) in [7, 11) is 1.81. The van der Waals surface area contributed by atoms with Crippen LogP contribution in [0.4, 0.5) is 0 Å². The van der Waals surface area contributed by atoms with Crippen molar-refractivity contribution in [3.8, 4) is 0 Å². The second-order valence-electron chi connectivity index (χ2n) is 7.03. The van der Waals surface area contributed by atoms with Crippen LogP contribution in [0.25, 0.3) is 0 Å². The number of hydrogen-bond donors (Lipinski definition) is 0. The third-order valence-electron chi connectivity index (χ3n) is 4.96. The smallest absolute Gasteiger partial charge is 0.256 e. The lowest BCUT2D eigenvalue weighted by molar-refractivity contribution is -0.134. The lowest BCUT2D eigenvalue weighted by atomic mass is 9.76. The molecule has 0 aliphatic carbocycles. The predicted molar refractivity (Wildman–Crippen MR) is 87.3 cm³/mol. The van der Waals surface area contributed by atoms with Crippen LogP contribution in [0.1, 0.15) is 51.4 Å². The fraction of sp³-hybridized carbons (Fsp3) is 0.556. The molecule has 22 heavy (non-hydrogen) atoms. The van der Waals surface area contributed by atoms with E-state index in [1.54, 1.807) is 21.9 Å². The van der Waals surface area contributed by atoms with E-state index in [4.69, 9.17) is 0 Å². The highest BCUT2D eigenvalue weighted by atomic mass is 16.2. The Balaban J connectivity index is 2.60. The molecule has 0 radical (unpaired) electrons. The maximum atomic E-state index is 13.1. The largest absolute Gasteiger partial charge is 0.320 e. The minimum absolute atomic E-state index is 0.000978. The van der Waals surface area contributed by atoms with Crippen molar-refractivity contribution < 1.29 is 9.59 Å². The van der Waals surface area contributed by atoms with Crippen LogP contribution in [0.2, 0.25) is 0 Å². The summed E-state index contributed by atoms with van der Waals surface area (Å²) in [5.74, 6) is -0.0800. The fourth-order valence-electron chi connectivity index (χ4n) is 3.92. The zero-order valence-corrected chi connectivity index (χ0v) is 14.4. The maximum Gasteiger partial charge on any atom is 0.256 e. The van der Waals surface area contributed by atoms with Crippen molar-refractivity contribution in [2.75, 3.05) is 7.05 Å². The number of rotatable bonds is 2. The third-order valence-corrected chi connectivity index (χ3v) is 4.96. The quantitative estimate of drug-likeness (QED) is 0.842. The van der Waals surface area contributed by atoms with Crippen LogP contribution in [0, 0.1) is 5.41 Å². The first-order valence-corrected chi connectivity index (χ1v) is 7.85. The molecule has 4 heteroatoms. The Bertz CT molecular complexity index is 576. The van der Waals surface area contributed by atoms with Gasteiger partial charge in [-0.1, -0.05) is 45.9 Å². The molecular formula is C18H26N2O2. The van der Waals surface area contributed by atoms with Gasteiger partial charge in [0.2, 0.25) is 5.91 Å². The lowest BCUT2D eigenvalue weighted by Crippen LogP contribution is -2.62. The molecule has 1 fully saturated rings. The Morgan fingerprint density at radius 2 is 1.77 bits per heavy atom. The van der Waals surface area contributed by atoms with E-state index in [1.807, 2.05) is 39.1 Å². The van der Waals surface area contributed by atoms with Crippen LogP contribution in [0.3, 0.4) is 0 Å². The Morgan fingerprint density at radius 1 is 1.23 bits per heavy atom. The highest BCUT2D eigenvalue weighted by Gasteiger charge is 2.60. The Kier molecular flexibility index (Phi) is 4.07. The summed E-state index contributed by atoms with van der Waals surface area (Å²) in [5, 5.41) is 0. The van der Waals surface area contributed by atoms with Crippen LogP contribution in [0.5, 0.6) is 0 Å². The highest BCUT2D eigenvalue weighted by molar-refractivity contribution is 6.00. The number of amides is 2. The lowest BCUT2D eigenvalue weighted by Gasteiger charge is -2.51. The summed E-state index contributed by atoms with van der Waals surface area (Å²) < 4.78 is 0. The molecule has 1 saturated heterocycles. The van der Waals surface area contributed by atoms with Gasteiger partial charge in [-0.2, -0.15) is 0 Å². The molecule has 0 spiro atoms. The van der Waals surface area contributed by atoms with Crippen LogP contribution < -0.4 is 0 Å². The number of carbonyl (C=O) groups is 2. The highest BCUT2D eigenvalue weighted by Crippen LogP contribution is 2.46. The molecule has 0 saturated carbocycles. The summed E-state index contributed by atoms with van der Waals surface area (Å²) in [6.45, 7) is 10.1. The normalized spacial score (nSPS) is 25.7. The number of likely N-dealkylation sites (N-methyl/N-ethyl adjacent to an activating group) is 1. The number of hydrogen-bond acceptors (Lipinski definition) is 2. The first-order valence-electron chi connectivity index (χ1n) is 7.85.